The van der Waals surface area contributed by atoms with Crippen LogP contribution in [0.3, 0.4) is 0 Å². The second kappa shape index (κ2) is 9.70. The molecule has 0 heterocycles. The predicted molar refractivity (Wildman–Crippen MR) is 92.1 cm³/mol. The molecule has 24 heavy (non-hydrogen) atoms. The van der Waals surface area contributed by atoms with Gasteiger partial charge in [-0.15, -0.1) is 0 Å². The summed E-state index contributed by atoms with van der Waals surface area (Å²) in [4.78, 5) is 37.0. The van der Waals surface area contributed by atoms with Crippen LogP contribution >= 0.6 is 0 Å². The number of rotatable bonds is 9. The molecule has 0 saturated heterocycles. The molecule has 0 bridgehead atoms. The number of hydrogen-bond acceptors (Lipinski definition) is 4. The SMILES string of the molecule is CCN(CC)C(=O)CCNC(=O)C(C)Oc1cccc(C(C)=O)c1. The molecular formula is C18H26N2O4. The fourth-order valence-corrected chi connectivity index (χ4v) is 2.22. The van der Waals surface area contributed by atoms with Gasteiger partial charge in [0, 0.05) is 31.6 Å². The number of hydrogen-bond donors (Lipinski definition) is 1. The van der Waals surface area contributed by atoms with E-state index in [1.807, 2.05) is 13.8 Å². The first kappa shape index (κ1) is 19.7. The molecule has 0 aliphatic rings. The standard InChI is InChI=1S/C18H26N2O4/c1-5-20(6-2)17(22)10-11-19-18(23)14(4)24-16-9-7-8-15(12-16)13(3)21/h7-9,12,14H,5-6,10-11H2,1-4H3,(H,19,23). The number of benzene rings is 1. The maximum atomic E-state index is 12.0. The fraction of sp³-hybridized carbons (Fsp3) is 0.500. The Morgan fingerprint density at radius 2 is 1.88 bits per heavy atom. The van der Waals surface area contributed by atoms with Crippen molar-refractivity contribution in [2.75, 3.05) is 19.6 Å². The number of amides is 2. The summed E-state index contributed by atoms with van der Waals surface area (Å²) in [5, 5.41) is 2.70. The Bertz CT molecular complexity index is 582. The van der Waals surface area contributed by atoms with Crippen LogP contribution in [-0.4, -0.2) is 48.2 Å². The van der Waals surface area contributed by atoms with Crippen molar-refractivity contribution in [1.29, 1.82) is 0 Å². The molecule has 0 aliphatic heterocycles. The van der Waals surface area contributed by atoms with Crippen LogP contribution < -0.4 is 10.1 Å². The zero-order valence-electron chi connectivity index (χ0n) is 14.8. The second-order valence-corrected chi connectivity index (χ2v) is 5.45. The van der Waals surface area contributed by atoms with E-state index in [-0.39, 0.29) is 30.6 Å². The van der Waals surface area contributed by atoms with Crippen LogP contribution in [0.25, 0.3) is 0 Å². The van der Waals surface area contributed by atoms with Crippen molar-refractivity contribution in [2.24, 2.45) is 0 Å². The monoisotopic (exact) mass is 334 g/mol. The lowest BCUT2D eigenvalue weighted by atomic mass is 10.1. The molecule has 6 heteroatoms. The Morgan fingerprint density at radius 3 is 2.46 bits per heavy atom. The van der Waals surface area contributed by atoms with E-state index in [1.165, 1.54) is 6.92 Å². The summed E-state index contributed by atoms with van der Waals surface area (Å²) in [6.07, 6.45) is -0.448. The molecular weight excluding hydrogens is 308 g/mol. The summed E-state index contributed by atoms with van der Waals surface area (Å²) in [6, 6.07) is 6.70. The van der Waals surface area contributed by atoms with Crippen molar-refractivity contribution in [1.82, 2.24) is 10.2 Å². The lowest BCUT2D eigenvalue weighted by Crippen LogP contribution is -2.39. The summed E-state index contributed by atoms with van der Waals surface area (Å²) in [5.74, 6) is 0.121. The van der Waals surface area contributed by atoms with Crippen LogP contribution in [0.5, 0.6) is 5.75 Å². The van der Waals surface area contributed by atoms with Crippen LogP contribution in [-0.2, 0) is 9.59 Å². The van der Waals surface area contributed by atoms with Crippen LogP contribution in [0.4, 0.5) is 0 Å². The molecule has 0 aliphatic carbocycles. The maximum Gasteiger partial charge on any atom is 0.260 e. The van der Waals surface area contributed by atoms with Crippen LogP contribution in [0.2, 0.25) is 0 Å². The number of nitrogens with one attached hydrogen (secondary N) is 1. The molecule has 1 aromatic carbocycles. The van der Waals surface area contributed by atoms with Crippen molar-refractivity contribution < 1.29 is 19.1 Å². The van der Waals surface area contributed by atoms with Gasteiger partial charge in [0.15, 0.2) is 11.9 Å². The molecule has 1 aromatic rings. The van der Waals surface area contributed by atoms with Gasteiger partial charge in [-0.25, -0.2) is 0 Å². The third kappa shape index (κ3) is 6.02. The molecule has 1 rings (SSSR count). The Balaban J connectivity index is 2.46. The molecule has 0 saturated carbocycles. The van der Waals surface area contributed by atoms with Gasteiger partial charge in [0.05, 0.1) is 0 Å². The van der Waals surface area contributed by atoms with Crippen molar-refractivity contribution in [3.63, 3.8) is 0 Å². The molecule has 1 unspecified atom stereocenters. The first-order valence-electron chi connectivity index (χ1n) is 8.22. The summed E-state index contributed by atoms with van der Waals surface area (Å²) >= 11 is 0. The first-order valence-corrected chi connectivity index (χ1v) is 8.22. The summed E-state index contributed by atoms with van der Waals surface area (Å²) < 4.78 is 5.55. The Morgan fingerprint density at radius 1 is 1.21 bits per heavy atom. The third-order valence-corrected chi connectivity index (χ3v) is 3.68. The first-order chi connectivity index (χ1) is 11.4. The van der Waals surface area contributed by atoms with Gasteiger partial charge in [0.2, 0.25) is 5.91 Å². The van der Waals surface area contributed by atoms with Gasteiger partial charge in [-0.1, -0.05) is 12.1 Å². The normalized spacial score (nSPS) is 11.5. The van der Waals surface area contributed by atoms with Gasteiger partial charge in [0.1, 0.15) is 5.75 Å². The highest BCUT2D eigenvalue weighted by atomic mass is 16.5. The van der Waals surface area contributed by atoms with Crippen molar-refractivity contribution >= 4 is 17.6 Å². The molecule has 132 valence electrons. The number of carbonyl (C=O) groups is 3. The zero-order valence-corrected chi connectivity index (χ0v) is 14.8. The van der Waals surface area contributed by atoms with Crippen molar-refractivity contribution in [3.8, 4) is 5.75 Å². The van der Waals surface area contributed by atoms with E-state index in [9.17, 15) is 14.4 Å². The molecule has 0 aromatic heterocycles. The molecule has 0 fully saturated rings. The molecule has 0 spiro atoms. The van der Waals surface area contributed by atoms with Crippen molar-refractivity contribution in [3.05, 3.63) is 29.8 Å². The quantitative estimate of drug-likeness (QED) is 0.701. The van der Waals surface area contributed by atoms with E-state index in [4.69, 9.17) is 4.74 Å². The van der Waals surface area contributed by atoms with Gasteiger partial charge >= 0.3 is 0 Å². The maximum absolute atomic E-state index is 12.0. The highest BCUT2D eigenvalue weighted by Gasteiger charge is 2.16. The van der Waals surface area contributed by atoms with Crippen molar-refractivity contribution in [2.45, 2.75) is 40.2 Å². The topological polar surface area (TPSA) is 75.7 Å². The van der Waals surface area contributed by atoms with E-state index < -0.39 is 6.10 Å². The average molecular weight is 334 g/mol. The Labute approximate surface area is 143 Å². The number of nitrogens with zero attached hydrogens (tertiary/aromatic N) is 1. The van der Waals surface area contributed by atoms with E-state index in [1.54, 1.807) is 36.1 Å². The van der Waals surface area contributed by atoms with E-state index in [0.717, 1.165) is 0 Å². The van der Waals surface area contributed by atoms with Crippen LogP contribution in [0.1, 0.15) is 44.5 Å². The minimum atomic E-state index is -0.712. The number of ketones is 1. The lowest BCUT2D eigenvalue weighted by molar-refractivity contribution is -0.131. The largest absolute Gasteiger partial charge is 0.481 e. The number of carbonyl (C=O) groups excluding carboxylic acids is 3. The van der Waals surface area contributed by atoms with Gasteiger partial charge in [0.25, 0.3) is 5.91 Å². The highest BCUT2D eigenvalue weighted by molar-refractivity contribution is 5.94. The highest BCUT2D eigenvalue weighted by Crippen LogP contribution is 2.15. The summed E-state index contributed by atoms with van der Waals surface area (Å²) in [6.45, 7) is 8.54. The second-order valence-electron chi connectivity index (χ2n) is 5.45. The fourth-order valence-electron chi connectivity index (χ4n) is 2.22. The molecule has 1 N–H and O–H groups in total. The lowest BCUT2D eigenvalue weighted by Gasteiger charge is -2.19. The molecule has 0 radical (unpaired) electrons. The van der Waals surface area contributed by atoms with Crippen LogP contribution in [0.15, 0.2) is 24.3 Å². The average Bonchev–Trinajstić information content (AvgIpc) is 2.56. The minimum absolute atomic E-state index is 0.0167. The molecule has 2 amide bonds. The Hall–Kier alpha value is -2.37. The minimum Gasteiger partial charge on any atom is -0.481 e. The van der Waals surface area contributed by atoms with Gasteiger partial charge in [-0.3, -0.25) is 14.4 Å². The van der Waals surface area contributed by atoms with Gasteiger partial charge in [-0.05, 0) is 39.8 Å². The molecule has 1 atom stereocenters. The van der Waals surface area contributed by atoms with Gasteiger partial charge in [-0.2, -0.15) is 0 Å². The van der Waals surface area contributed by atoms with E-state index >= 15 is 0 Å². The molecule has 6 nitrogen and oxygen atoms in total. The summed E-state index contributed by atoms with van der Waals surface area (Å²) in [5.41, 5.74) is 0.532. The zero-order chi connectivity index (χ0) is 18.1. The van der Waals surface area contributed by atoms with Crippen LogP contribution in [0, 0.1) is 0 Å². The van der Waals surface area contributed by atoms with E-state index in [2.05, 4.69) is 5.32 Å². The number of ether oxygens (including phenoxy) is 1. The van der Waals surface area contributed by atoms with Gasteiger partial charge < -0.3 is 15.0 Å². The number of Topliss-reactive ketones (excluding diaryl/α,β-unsaturated/α-hetero) is 1. The Kier molecular flexibility index (Phi) is 7.95. The third-order valence-electron chi connectivity index (χ3n) is 3.68. The predicted octanol–water partition coefficient (Wildman–Crippen LogP) is 2.03. The smallest absolute Gasteiger partial charge is 0.260 e. The summed E-state index contributed by atoms with van der Waals surface area (Å²) in [7, 11) is 0. The van der Waals surface area contributed by atoms with E-state index in [0.29, 0.717) is 24.4 Å².